The number of halogens is 1. The summed E-state index contributed by atoms with van der Waals surface area (Å²) in [5.74, 6) is -0.669. The van der Waals surface area contributed by atoms with Gasteiger partial charge in [-0.25, -0.2) is 8.42 Å². The molecule has 0 aliphatic heterocycles. The van der Waals surface area contributed by atoms with Crippen molar-refractivity contribution in [1.82, 2.24) is 0 Å². The molecule has 24 heavy (non-hydrogen) atoms. The van der Waals surface area contributed by atoms with Crippen molar-refractivity contribution in [3.05, 3.63) is 71.2 Å². The molecule has 1 amide bonds. The van der Waals surface area contributed by atoms with E-state index in [1.54, 1.807) is 12.1 Å². The van der Waals surface area contributed by atoms with Crippen molar-refractivity contribution in [3.63, 3.8) is 0 Å². The molecule has 7 heteroatoms. The van der Waals surface area contributed by atoms with Crippen LogP contribution in [0.25, 0.3) is 10.8 Å². The van der Waals surface area contributed by atoms with Gasteiger partial charge in [0.2, 0.25) is 5.91 Å². The van der Waals surface area contributed by atoms with Gasteiger partial charge >= 0.3 is 0 Å². The smallest absolute Gasteiger partial charge is 0.261 e. The first kappa shape index (κ1) is 16.3. The Morgan fingerprint density at radius 1 is 0.958 bits per heavy atom. The second kappa shape index (κ2) is 6.14. The zero-order chi connectivity index (χ0) is 17.3. The number of carbonyl (C=O) groups is 1. The number of carbonyl (C=O) groups excluding carboxylic acids is 1. The van der Waals surface area contributed by atoms with Crippen LogP contribution in [-0.4, -0.2) is 14.3 Å². The number of hydrogen-bond acceptors (Lipinski definition) is 3. The lowest BCUT2D eigenvalue weighted by atomic mass is 10.1. The average Bonchev–Trinajstić information content (AvgIpc) is 2.56. The molecule has 3 N–H and O–H groups in total. The molecule has 3 aromatic carbocycles. The van der Waals surface area contributed by atoms with Gasteiger partial charge in [-0.3, -0.25) is 9.52 Å². The lowest BCUT2D eigenvalue weighted by molar-refractivity contribution is 0.100. The van der Waals surface area contributed by atoms with E-state index in [1.165, 1.54) is 24.3 Å². The molecule has 5 nitrogen and oxygen atoms in total. The molecule has 0 spiro atoms. The number of anilines is 1. The molecule has 0 bridgehead atoms. The van der Waals surface area contributed by atoms with Gasteiger partial charge in [0.1, 0.15) is 0 Å². The molecule has 0 atom stereocenters. The summed E-state index contributed by atoms with van der Waals surface area (Å²) in [4.78, 5) is 11.3. The molecule has 122 valence electrons. The Morgan fingerprint density at radius 3 is 2.38 bits per heavy atom. The Labute approximate surface area is 144 Å². The summed E-state index contributed by atoms with van der Waals surface area (Å²) in [6.45, 7) is 0. The van der Waals surface area contributed by atoms with Crippen LogP contribution in [0.15, 0.2) is 65.6 Å². The van der Waals surface area contributed by atoms with E-state index < -0.39 is 15.9 Å². The van der Waals surface area contributed by atoms with E-state index in [9.17, 15) is 13.2 Å². The van der Waals surface area contributed by atoms with Crippen LogP contribution in [0.2, 0.25) is 5.02 Å². The Hall–Kier alpha value is -2.57. The van der Waals surface area contributed by atoms with Crippen molar-refractivity contribution >= 4 is 44.0 Å². The fourth-order valence-electron chi connectivity index (χ4n) is 2.30. The number of amides is 1. The van der Waals surface area contributed by atoms with Gasteiger partial charge < -0.3 is 5.73 Å². The number of benzene rings is 3. The number of nitrogens with two attached hydrogens (primary N) is 1. The van der Waals surface area contributed by atoms with Crippen LogP contribution in [-0.2, 0) is 10.0 Å². The van der Waals surface area contributed by atoms with Crippen molar-refractivity contribution in [1.29, 1.82) is 0 Å². The molecule has 0 radical (unpaired) electrons. The van der Waals surface area contributed by atoms with Crippen LogP contribution in [0.1, 0.15) is 10.4 Å². The summed E-state index contributed by atoms with van der Waals surface area (Å²) in [5, 5.41) is 1.91. The minimum atomic E-state index is -3.86. The fraction of sp³-hybridized carbons (Fsp3) is 0. The number of hydrogen-bond donors (Lipinski definition) is 2. The zero-order valence-electron chi connectivity index (χ0n) is 12.4. The van der Waals surface area contributed by atoms with Crippen molar-refractivity contribution in [3.8, 4) is 0 Å². The van der Waals surface area contributed by atoms with Gasteiger partial charge in [-0.2, -0.15) is 0 Å². The predicted molar refractivity (Wildman–Crippen MR) is 94.7 cm³/mol. The highest BCUT2D eigenvalue weighted by Gasteiger charge is 2.17. The van der Waals surface area contributed by atoms with E-state index in [0.29, 0.717) is 0 Å². The van der Waals surface area contributed by atoms with Crippen LogP contribution >= 0.6 is 11.6 Å². The average molecular weight is 361 g/mol. The van der Waals surface area contributed by atoms with E-state index >= 15 is 0 Å². The third kappa shape index (κ3) is 3.20. The summed E-state index contributed by atoms with van der Waals surface area (Å²) in [7, 11) is -3.86. The van der Waals surface area contributed by atoms with E-state index in [-0.39, 0.29) is 21.2 Å². The first-order valence-corrected chi connectivity index (χ1v) is 8.84. The first-order valence-electron chi connectivity index (χ1n) is 6.98. The van der Waals surface area contributed by atoms with Gasteiger partial charge in [-0.05, 0) is 41.1 Å². The molecule has 0 aliphatic rings. The van der Waals surface area contributed by atoms with E-state index in [1.807, 2.05) is 24.3 Å². The highest BCUT2D eigenvalue weighted by molar-refractivity contribution is 7.92. The Kier molecular flexibility index (Phi) is 4.17. The predicted octanol–water partition coefficient (Wildman–Crippen LogP) is 3.39. The van der Waals surface area contributed by atoms with Gasteiger partial charge in [-0.15, -0.1) is 0 Å². The number of primary amides is 1. The maximum absolute atomic E-state index is 12.6. The third-order valence-electron chi connectivity index (χ3n) is 3.53. The standard InChI is InChI=1S/C17H13ClN2O3S/c18-15-8-6-13(17(19)21)10-16(15)20-24(22,23)14-7-5-11-3-1-2-4-12(11)9-14/h1-10,20H,(H2,19,21). The van der Waals surface area contributed by atoms with E-state index in [4.69, 9.17) is 17.3 Å². The van der Waals surface area contributed by atoms with Gasteiger partial charge in [-0.1, -0.05) is 41.9 Å². The van der Waals surface area contributed by atoms with Crippen molar-refractivity contribution in [2.75, 3.05) is 4.72 Å². The summed E-state index contributed by atoms with van der Waals surface area (Å²) in [6, 6.07) is 16.4. The lowest BCUT2D eigenvalue weighted by Crippen LogP contribution is -2.15. The summed E-state index contributed by atoms with van der Waals surface area (Å²) in [5.41, 5.74) is 5.47. The minimum Gasteiger partial charge on any atom is -0.366 e. The van der Waals surface area contributed by atoms with Crippen molar-refractivity contribution in [2.45, 2.75) is 4.90 Å². The molecule has 0 saturated heterocycles. The number of sulfonamides is 1. The van der Waals surface area contributed by atoms with E-state index in [2.05, 4.69) is 4.72 Å². The van der Waals surface area contributed by atoms with Gasteiger partial charge in [0.05, 0.1) is 15.6 Å². The molecular weight excluding hydrogens is 348 g/mol. The van der Waals surface area contributed by atoms with Crippen LogP contribution in [0, 0.1) is 0 Å². The number of fused-ring (bicyclic) bond motifs is 1. The second-order valence-electron chi connectivity index (χ2n) is 5.17. The largest absolute Gasteiger partial charge is 0.366 e. The molecule has 3 aromatic rings. The quantitative estimate of drug-likeness (QED) is 0.747. The number of nitrogens with one attached hydrogen (secondary N) is 1. The molecule has 0 aromatic heterocycles. The lowest BCUT2D eigenvalue weighted by Gasteiger charge is -2.11. The summed E-state index contributed by atoms with van der Waals surface area (Å²) in [6.07, 6.45) is 0. The molecule has 0 saturated carbocycles. The maximum atomic E-state index is 12.6. The summed E-state index contributed by atoms with van der Waals surface area (Å²) >= 11 is 6.01. The fourth-order valence-corrected chi connectivity index (χ4v) is 3.62. The van der Waals surface area contributed by atoms with Crippen molar-refractivity contribution in [2.24, 2.45) is 5.73 Å². The third-order valence-corrected chi connectivity index (χ3v) is 5.22. The highest BCUT2D eigenvalue weighted by Crippen LogP contribution is 2.27. The number of rotatable bonds is 4. The normalized spacial score (nSPS) is 11.4. The molecule has 0 unspecified atom stereocenters. The van der Waals surface area contributed by atoms with Crippen molar-refractivity contribution < 1.29 is 13.2 Å². The molecule has 0 heterocycles. The maximum Gasteiger partial charge on any atom is 0.261 e. The van der Waals surface area contributed by atoms with Crippen LogP contribution in [0.4, 0.5) is 5.69 Å². The van der Waals surface area contributed by atoms with Crippen LogP contribution < -0.4 is 10.5 Å². The summed E-state index contributed by atoms with van der Waals surface area (Å²) < 4.78 is 27.6. The Bertz CT molecular complexity index is 1050. The van der Waals surface area contributed by atoms with Gasteiger partial charge in [0.25, 0.3) is 10.0 Å². The monoisotopic (exact) mass is 360 g/mol. The van der Waals surface area contributed by atoms with Crippen LogP contribution in [0.5, 0.6) is 0 Å². The van der Waals surface area contributed by atoms with Gasteiger partial charge in [0, 0.05) is 5.56 Å². The zero-order valence-corrected chi connectivity index (χ0v) is 13.9. The van der Waals surface area contributed by atoms with Crippen LogP contribution in [0.3, 0.4) is 0 Å². The Morgan fingerprint density at radius 2 is 1.67 bits per heavy atom. The first-order chi connectivity index (χ1) is 11.4. The SMILES string of the molecule is NC(=O)c1ccc(Cl)c(NS(=O)(=O)c2ccc3ccccc3c2)c1. The topological polar surface area (TPSA) is 89.3 Å². The second-order valence-corrected chi connectivity index (χ2v) is 7.26. The molecule has 0 aliphatic carbocycles. The van der Waals surface area contributed by atoms with E-state index in [0.717, 1.165) is 10.8 Å². The molecule has 0 fully saturated rings. The molecular formula is C17H13ClN2O3S. The highest BCUT2D eigenvalue weighted by atomic mass is 35.5. The minimum absolute atomic E-state index is 0.0983. The van der Waals surface area contributed by atoms with Gasteiger partial charge in [0.15, 0.2) is 0 Å². The molecule has 3 rings (SSSR count). The Balaban J connectivity index is 2.01.